The molecule has 0 saturated heterocycles. The van der Waals surface area contributed by atoms with Crippen molar-refractivity contribution in [1.82, 2.24) is 0 Å². The number of aryl methyl sites for hydroxylation is 1. The molecule has 0 aliphatic carbocycles. The minimum absolute atomic E-state index is 0.00197. The van der Waals surface area contributed by atoms with Crippen molar-refractivity contribution in [3.8, 4) is 16.9 Å². The Kier molecular flexibility index (Phi) is 6.22. The molecule has 0 radical (unpaired) electrons. The molecule has 0 aliphatic rings. The van der Waals surface area contributed by atoms with E-state index in [9.17, 15) is 14.7 Å². The summed E-state index contributed by atoms with van der Waals surface area (Å²) in [6, 6.07) is 28.9. The van der Waals surface area contributed by atoms with Crippen molar-refractivity contribution in [2.75, 3.05) is 17.3 Å². The van der Waals surface area contributed by atoms with Crippen molar-refractivity contribution in [3.05, 3.63) is 114 Å². The van der Waals surface area contributed by atoms with E-state index in [2.05, 4.69) is 5.32 Å². The molecule has 4 rings (SSSR count). The van der Waals surface area contributed by atoms with Crippen LogP contribution < -0.4 is 10.2 Å². The maximum absolute atomic E-state index is 13.4. The Morgan fingerprint density at radius 3 is 2.21 bits per heavy atom. The number of phenolic OH excluding ortho intramolecular Hbond substituents is 1. The number of anilines is 2. The highest BCUT2D eigenvalue weighted by molar-refractivity contribution is 6.15. The predicted octanol–water partition coefficient (Wildman–Crippen LogP) is 5.90. The van der Waals surface area contributed by atoms with Gasteiger partial charge in [-0.3, -0.25) is 9.59 Å². The Bertz CT molecular complexity index is 1320. The lowest BCUT2D eigenvalue weighted by Crippen LogP contribution is -2.27. The summed E-state index contributed by atoms with van der Waals surface area (Å²) in [5.41, 5.74) is 4.34. The van der Waals surface area contributed by atoms with Crippen molar-refractivity contribution in [3.63, 3.8) is 0 Å². The third-order valence-electron chi connectivity index (χ3n) is 5.46. The second-order valence-electron chi connectivity index (χ2n) is 7.77. The van der Waals surface area contributed by atoms with Gasteiger partial charge >= 0.3 is 0 Å². The molecule has 4 aromatic rings. The lowest BCUT2D eigenvalue weighted by Gasteiger charge is -2.20. The van der Waals surface area contributed by atoms with Crippen LogP contribution in [0.3, 0.4) is 0 Å². The normalized spacial score (nSPS) is 10.5. The Labute approximate surface area is 192 Å². The second-order valence-corrected chi connectivity index (χ2v) is 7.77. The van der Waals surface area contributed by atoms with Gasteiger partial charge in [-0.25, -0.2) is 0 Å². The fraction of sp³-hybridized carbons (Fsp3) is 0.0714. The molecular formula is C28H24N2O3. The highest BCUT2D eigenvalue weighted by Crippen LogP contribution is 2.29. The maximum Gasteiger partial charge on any atom is 0.260 e. The standard InChI is InChI=1S/C28H24N2O3/c1-19-16-17-21(20-10-4-3-5-11-20)23(18-19)27(32)29-24-13-7-6-12-22(24)28(33)30(2)25-14-8-9-15-26(25)31/h3-18,31H,1-2H3,(H,29,32). The van der Waals surface area contributed by atoms with Gasteiger partial charge in [0.05, 0.1) is 16.9 Å². The number of nitrogens with zero attached hydrogens (tertiary/aromatic N) is 1. The van der Waals surface area contributed by atoms with Crippen LogP contribution in [0.5, 0.6) is 5.75 Å². The van der Waals surface area contributed by atoms with E-state index in [1.54, 1.807) is 49.5 Å². The molecule has 0 aromatic heterocycles. The summed E-state index contributed by atoms with van der Waals surface area (Å²) in [5.74, 6) is -0.648. The number of hydrogen-bond donors (Lipinski definition) is 2. The Morgan fingerprint density at radius 1 is 0.788 bits per heavy atom. The van der Waals surface area contributed by atoms with Gasteiger partial charge in [0.15, 0.2) is 0 Å². The summed E-state index contributed by atoms with van der Waals surface area (Å²) < 4.78 is 0. The second kappa shape index (κ2) is 9.40. The van der Waals surface area contributed by atoms with Gasteiger partial charge in [-0.05, 0) is 48.4 Å². The van der Waals surface area contributed by atoms with Crippen LogP contribution in [0.1, 0.15) is 26.3 Å². The molecular weight excluding hydrogens is 412 g/mol. The van der Waals surface area contributed by atoms with Crippen LogP contribution in [0.15, 0.2) is 97.1 Å². The van der Waals surface area contributed by atoms with Crippen molar-refractivity contribution in [2.45, 2.75) is 6.92 Å². The van der Waals surface area contributed by atoms with Crippen LogP contribution in [0.25, 0.3) is 11.1 Å². The lowest BCUT2D eigenvalue weighted by molar-refractivity contribution is 0.0993. The van der Waals surface area contributed by atoms with Gasteiger partial charge < -0.3 is 15.3 Å². The van der Waals surface area contributed by atoms with Gasteiger partial charge in [-0.15, -0.1) is 0 Å². The number of para-hydroxylation sites is 3. The quantitative estimate of drug-likeness (QED) is 0.409. The van der Waals surface area contributed by atoms with Gasteiger partial charge in [0, 0.05) is 12.6 Å². The molecule has 0 saturated carbocycles. The van der Waals surface area contributed by atoms with Gasteiger partial charge in [-0.2, -0.15) is 0 Å². The molecule has 0 fully saturated rings. The number of aromatic hydroxyl groups is 1. The molecule has 33 heavy (non-hydrogen) atoms. The molecule has 0 bridgehead atoms. The van der Waals surface area contributed by atoms with E-state index in [1.165, 1.54) is 11.0 Å². The first-order chi connectivity index (χ1) is 16.0. The number of hydrogen-bond acceptors (Lipinski definition) is 3. The highest BCUT2D eigenvalue weighted by atomic mass is 16.3. The van der Waals surface area contributed by atoms with Crippen LogP contribution in [-0.2, 0) is 0 Å². The average Bonchev–Trinajstić information content (AvgIpc) is 2.84. The van der Waals surface area contributed by atoms with Crippen LogP contribution in [0.4, 0.5) is 11.4 Å². The number of amides is 2. The summed E-state index contributed by atoms with van der Waals surface area (Å²) in [6.07, 6.45) is 0. The molecule has 164 valence electrons. The van der Waals surface area contributed by atoms with E-state index < -0.39 is 0 Å². The molecule has 5 heteroatoms. The van der Waals surface area contributed by atoms with Crippen molar-refractivity contribution >= 4 is 23.2 Å². The minimum Gasteiger partial charge on any atom is -0.506 e. The Morgan fingerprint density at radius 2 is 1.45 bits per heavy atom. The van der Waals surface area contributed by atoms with E-state index in [0.717, 1.165) is 16.7 Å². The first-order valence-electron chi connectivity index (χ1n) is 10.6. The molecule has 0 unspecified atom stereocenters. The summed E-state index contributed by atoms with van der Waals surface area (Å²) in [4.78, 5) is 28.0. The molecule has 2 amide bonds. The lowest BCUT2D eigenvalue weighted by atomic mass is 9.97. The third-order valence-corrected chi connectivity index (χ3v) is 5.46. The van der Waals surface area contributed by atoms with E-state index in [1.807, 2.05) is 55.5 Å². The molecule has 0 aliphatic heterocycles. The molecule has 2 N–H and O–H groups in total. The van der Waals surface area contributed by atoms with E-state index >= 15 is 0 Å². The topological polar surface area (TPSA) is 69.6 Å². The van der Waals surface area contributed by atoms with Crippen molar-refractivity contribution < 1.29 is 14.7 Å². The average molecular weight is 437 g/mol. The fourth-order valence-electron chi connectivity index (χ4n) is 3.72. The summed E-state index contributed by atoms with van der Waals surface area (Å²) in [5, 5.41) is 13.1. The Hall–Kier alpha value is -4.38. The molecule has 5 nitrogen and oxygen atoms in total. The van der Waals surface area contributed by atoms with Gasteiger partial charge in [0.25, 0.3) is 11.8 Å². The Balaban J connectivity index is 1.67. The smallest absolute Gasteiger partial charge is 0.260 e. The number of carbonyl (C=O) groups is 2. The third kappa shape index (κ3) is 4.62. The number of carbonyl (C=O) groups excluding carboxylic acids is 2. The summed E-state index contributed by atoms with van der Waals surface area (Å²) in [6.45, 7) is 1.93. The zero-order valence-electron chi connectivity index (χ0n) is 18.4. The van der Waals surface area contributed by atoms with Crippen molar-refractivity contribution in [2.24, 2.45) is 0 Å². The van der Waals surface area contributed by atoms with Crippen LogP contribution in [-0.4, -0.2) is 24.0 Å². The molecule has 4 aromatic carbocycles. The number of phenols is 1. The van der Waals surface area contributed by atoms with Gasteiger partial charge in [0.1, 0.15) is 5.75 Å². The van der Waals surface area contributed by atoms with E-state index in [4.69, 9.17) is 0 Å². The SMILES string of the molecule is Cc1ccc(-c2ccccc2)c(C(=O)Nc2ccccc2C(=O)N(C)c2ccccc2O)c1. The van der Waals surface area contributed by atoms with Crippen LogP contribution >= 0.6 is 0 Å². The van der Waals surface area contributed by atoms with Crippen molar-refractivity contribution in [1.29, 1.82) is 0 Å². The number of rotatable bonds is 5. The van der Waals surface area contributed by atoms with Gasteiger partial charge in [-0.1, -0.05) is 72.3 Å². The first kappa shape index (κ1) is 21.8. The fourth-order valence-corrected chi connectivity index (χ4v) is 3.72. The zero-order chi connectivity index (χ0) is 23.4. The largest absolute Gasteiger partial charge is 0.506 e. The first-order valence-corrected chi connectivity index (χ1v) is 10.6. The summed E-state index contributed by atoms with van der Waals surface area (Å²) in [7, 11) is 1.59. The van der Waals surface area contributed by atoms with Gasteiger partial charge in [0.2, 0.25) is 0 Å². The highest BCUT2D eigenvalue weighted by Gasteiger charge is 2.21. The predicted molar refractivity (Wildman–Crippen MR) is 132 cm³/mol. The molecule has 0 atom stereocenters. The summed E-state index contributed by atoms with van der Waals surface area (Å²) >= 11 is 0. The number of benzene rings is 4. The molecule has 0 heterocycles. The van der Waals surface area contributed by atoms with E-state index in [-0.39, 0.29) is 17.6 Å². The maximum atomic E-state index is 13.4. The van der Waals surface area contributed by atoms with Crippen LogP contribution in [0, 0.1) is 6.92 Å². The number of nitrogens with one attached hydrogen (secondary N) is 1. The molecule has 0 spiro atoms. The van der Waals surface area contributed by atoms with Crippen LogP contribution in [0.2, 0.25) is 0 Å². The van der Waals surface area contributed by atoms with E-state index in [0.29, 0.717) is 22.5 Å². The monoisotopic (exact) mass is 436 g/mol. The minimum atomic E-state index is -0.347. The zero-order valence-corrected chi connectivity index (χ0v) is 18.4.